The minimum Gasteiger partial charge on any atom is -0.492 e. The van der Waals surface area contributed by atoms with Crippen LogP contribution in [0.5, 0.6) is 5.75 Å². The standard InChI is InChI=1S/C25H21N3O6/c1-2-32-20-12-6-4-10-18(20)26-21(29)15-27-22-17-9-3-5-11-19(17)34-23(22)24(30)28(25(27)31)14-16-8-7-13-33-16/h3-13H,2,14-15H2,1H3,(H,26,29). The predicted octanol–water partition coefficient (Wildman–Crippen LogP) is 3.59. The third-order valence-electron chi connectivity index (χ3n) is 5.40. The van der Waals surface area contributed by atoms with Crippen molar-refractivity contribution in [3.05, 3.63) is 93.5 Å². The molecule has 34 heavy (non-hydrogen) atoms. The van der Waals surface area contributed by atoms with Gasteiger partial charge in [0.25, 0.3) is 5.56 Å². The van der Waals surface area contributed by atoms with E-state index in [1.807, 2.05) is 6.92 Å². The maximum Gasteiger partial charge on any atom is 0.332 e. The van der Waals surface area contributed by atoms with E-state index in [4.69, 9.17) is 13.6 Å². The molecule has 9 heteroatoms. The maximum absolute atomic E-state index is 13.5. The SMILES string of the molecule is CCOc1ccccc1NC(=O)Cn1c(=O)n(Cc2ccco2)c(=O)c2oc3ccccc3c21. The largest absolute Gasteiger partial charge is 0.492 e. The van der Waals surface area contributed by atoms with E-state index in [0.29, 0.717) is 34.8 Å². The van der Waals surface area contributed by atoms with Gasteiger partial charge in [0.2, 0.25) is 11.5 Å². The van der Waals surface area contributed by atoms with Crippen LogP contribution in [0.2, 0.25) is 0 Å². The molecule has 3 aromatic heterocycles. The Kier molecular flexibility index (Phi) is 5.51. The smallest absolute Gasteiger partial charge is 0.332 e. The number of carbonyl (C=O) groups is 1. The van der Waals surface area contributed by atoms with Crippen LogP contribution in [0, 0.1) is 0 Å². The van der Waals surface area contributed by atoms with Gasteiger partial charge in [0.15, 0.2) is 0 Å². The molecule has 0 bridgehead atoms. The summed E-state index contributed by atoms with van der Waals surface area (Å²) >= 11 is 0. The number of aromatic nitrogens is 2. The number of hydrogen-bond acceptors (Lipinski definition) is 6. The second-order valence-electron chi connectivity index (χ2n) is 7.59. The van der Waals surface area contributed by atoms with Crippen LogP contribution >= 0.6 is 0 Å². The molecule has 0 aliphatic rings. The molecule has 1 amide bonds. The summed E-state index contributed by atoms with van der Waals surface area (Å²) in [6, 6.07) is 17.4. The lowest BCUT2D eigenvalue weighted by molar-refractivity contribution is -0.116. The van der Waals surface area contributed by atoms with Gasteiger partial charge in [0.1, 0.15) is 29.2 Å². The number of benzene rings is 2. The number of ether oxygens (including phenoxy) is 1. The van der Waals surface area contributed by atoms with Crippen LogP contribution in [0.25, 0.3) is 22.1 Å². The Morgan fingerprint density at radius 3 is 2.59 bits per heavy atom. The van der Waals surface area contributed by atoms with Crippen molar-refractivity contribution in [3.63, 3.8) is 0 Å². The molecule has 0 saturated heterocycles. The highest BCUT2D eigenvalue weighted by Crippen LogP contribution is 2.26. The molecular weight excluding hydrogens is 438 g/mol. The summed E-state index contributed by atoms with van der Waals surface area (Å²) in [6.07, 6.45) is 1.46. The van der Waals surface area contributed by atoms with E-state index in [-0.39, 0.29) is 24.2 Å². The van der Waals surface area contributed by atoms with Crippen molar-refractivity contribution < 1.29 is 18.4 Å². The molecule has 2 aromatic carbocycles. The minimum atomic E-state index is -0.645. The number of anilines is 1. The van der Waals surface area contributed by atoms with E-state index < -0.39 is 17.2 Å². The summed E-state index contributed by atoms with van der Waals surface area (Å²) in [7, 11) is 0. The van der Waals surface area contributed by atoms with E-state index >= 15 is 0 Å². The topological polar surface area (TPSA) is 109 Å². The van der Waals surface area contributed by atoms with E-state index in [0.717, 1.165) is 4.57 Å². The average molecular weight is 459 g/mol. The van der Waals surface area contributed by atoms with Gasteiger partial charge < -0.3 is 18.9 Å². The van der Waals surface area contributed by atoms with E-state index in [1.54, 1.807) is 60.7 Å². The van der Waals surface area contributed by atoms with Crippen LogP contribution in [-0.2, 0) is 17.9 Å². The minimum absolute atomic E-state index is 0.00475. The first-order valence-corrected chi connectivity index (χ1v) is 10.8. The summed E-state index contributed by atoms with van der Waals surface area (Å²) in [5.74, 6) is 0.493. The van der Waals surface area contributed by atoms with Crippen LogP contribution in [0.3, 0.4) is 0 Å². The molecule has 0 aliphatic carbocycles. The van der Waals surface area contributed by atoms with Gasteiger partial charge in [0, 0.05) is 5.39 Å². The highest BCUT2D eigenvalue weighted by atomic mass is 16.5. The lowest BCUT2D eigenvalue weighted by Gasteiger charge is -2.13. The number of fused-ring (bicyclic) bond motifs is 3. The fraction of sp³-hybridized carbons (Fsp3) is 0.160. The van der Waals surface area contributed by atoms with Crippen LogP contribution in [0.1, 0.15) is 12.7 Å². The monoisotopic (exact) mass is 459 g/mol. The summed E-state index contributed by atoms with van der Waals surface area (Å²) in [4.78, 5) is 39.7. The van der Waals surface area contributed by atoms with Crippen LogP contribution in [0.4, 0.5) is 5.69 Å². The van der Waals surface area contributed by atoms with Crippen molar-refractivity contribution in [3.8, 4) is 5.75 Å². The number of furan rings is 2. The zero-order valence-corrected chi connectivity index (χ0v) is 18.3. The number of nitrogens with zero attached hydrogens (tertiary/aromatic N) is 2. The number of amides is 1. The molecular formula is C25H21N3O6. The van der Waals surface area contributed by atoms with Gasteiger partial charge in [-0.05, 0) is 43.3 Å². The van der Waals surface area contributed by atoms with E-state index in [1.165, 1.54) is 10.8 Å². The summed E-state index contributed by atoms with van der Waals surface area (Å²) in [5.41, 5.74) is -0.0377. The molecule has 172 valence electrons. The molecule has 1 N–H and O–H groups in total. The average Bonchev–Trinajstić information content (AvgIpc) is 3.49. The van der Waals surface area contributed by atoms with Crippen LogP contribution in [-0.4, -0.2) is 21.6 Å². The Morgan fingerprint density at radius 1 is 1.00 bits per heavy atom. The summed E-state index contributed by atoms with van der Waals surface area (Å²) in [5, 5.41) is 3.36. The lowest BCUT2D eigenvalue weighted by atomic mass is 10.2. The molecule has 0 atom stereocenters. The molecule has 0 fully saturated rings. The Bertz CT molecular complexity index is 1610. The first-order chi connectivity index (χ1) is 16.6. The summed E-state index contributed by atoms with van der Waals surface area (Å²) in [6.45, 7) is 1.86. The van der Waals surface area contributed by atoms with Crippen molar-refractivity contribution >= 4 is 33.7 Å². The maximum atomic E-state index is 13.5. The molecule has 0 unspecified atom stereocenters. The Balaban J connectivity index is 1.62. The Labute approximate surface area is 192 Å². The van der Waals surface area contributed by atoms with Gasteiger partial charge in [-0.15, -0.1) is 0 Å². The summed E-state index contributed by atoms with van der Waals surface area (Å²) < 4.78 is 19.0. The van der Waals surface area contributed by atoms with Crippen molar-refractivity contribution in [2.24, 2.45) is 0 Å². The van der Waals surface area contributed by atoms with Gasteiger partial charge in [-0.3, -0.25) is 14.2 Å². The number of rotatable bonds is 7. The van der Waals surface area contributed by atoms with Gasteiger partial charge in [0.05, 0.1) is 25.1 Å². The second kappa shape index (κ2) is 8.78. The van der Waals surface area contributed by atoms with Crippen LogP contribution in [0.15, 0.2) is 85.4 Å². The van der Waals surface area contributed by atoms with Gasteiger partial charge >= 0.3 is 5.69 Å². The number of para-hydroxylation sites is 3. The fourth-order valence-corrected chi connectivity index (χ4v) is 3.92. The quantitative estimate of drug-likeness (QED) is 0.398. The van der Waals surface area contributed by atoms with Crippen molar-refractivity contribution in [2.45, 2.75) is 20.0 Å². The number of hydrogen-bond donors (Lipinski definition) is 1. The highest BCUT2D eigenvalue weighted by molar-refractivity contribution is 6.03. The molecule has 5 rings (SSSR count). The first-order valence-electron chi connectivity index (χ1n) is 10.8. The van der Waals surface area contributed by atoms with E-state index in [2.05, 4.69) is 5.32 Å². The molecule has 3 heterocycles. The Hall–Kier alpha value is -4.53. The molecule has 0 radical (unpaired) electrons. The third kappa shape index (κ3) is 3.77. The highest BCUT2D eigenvalue weighted by Gasteiger charge is 2.22. The molecule has 0 spiro atoms. The van der Waals surface area contributed by atoms with Gasteiger partial charge in [-0.2, -0.15) is 0 Å². The van der Waals surface area contributed by atoms with Crippen molar-refractivity contribution in [1.29, 1.82) is 0 Å². The zero-order valence-electron chi connectivity index (χ0n) is 18.3. The Morgan fingerprint density at radius 2 is 1.79 bits per heavy atom. The second-order valence-corrected chi connectivity index (χ2v) is 7.59. The number of carbonyl (C=O) groups excluding carboxylic acids is 1. The normalized spacial score (nSPS) is 11.2. The first kappa shape index (κ1) is 21.3. The van der Waals surface area contributed by atoms with Crippen molar-refractivity contribution in [2.75, 3.05) is 11.9 Å². The van der Waals surface area contributed by atoms with Gasteiger partial charge in [-0.25, -0.2) is 9.36 Å². The van der Waals surface area contributed by atoms with E-state index in [9.17, 15) is 14.4 Å². The fourth-order valence-electron chi connectivity index (χ4n) is 3.92. The van der Waals surface area contributed by atoms with Gasteiger partial charge in [-0.1, -0.05) is 24.3 Å². The molecule has 0 aliphatic heterocycles. The molecule has 5 aromatic rings. The van der Waals surface area contributed by atoms with Crippen molar-refractivity contribution in [1.82, 2.24) is 9.13 Å². The predicted molar refractivity (Wildman–Crippen MR) is 126 cm³/mol. The zero-order chi connectivity index (χ0) is 23.7. The molecule has 0 saturated carbocycles. The molecule has 9 nitrogen and oxygen atoms in total. The lowest BCUT2D eigenvalue weighted by Crippen LogP contribution is -2.41. The van der Waals surface area contributed by atoms with Crippen LogP contribution < -0.4 is 21.3 Å². The number of nitrogens with one attached hydrogen (secondary N) is 1. The third-order valence-corrected chi connectivity index (χ3v) is 5.40.